The second kappa shape index (κ2) is 12.2. The lowest BCUT2D eigenvalue weighted by Crippen LogP contribution is -2.51. The molecule has 0 bridgehead atoms. The summed E-state index contributed by atoms with van der Waals surface area (Å²) in [7, 11) is 0. The van der Waals surface area contributed by atoms with E-state index in [-0.39, 0.29) is 37.3 Å². The Labute approximate surface area is 181 Å². The number of amides is 1. The number of hydrogen-bond acceptors (Lipinski definition) is 7. The third kappa shape index (κ3) is 6.88. The zero-order valence-corrected chi connectivity index (χ0v) is 17.8. The highest BCUT2D eigenvalue weighted by Gasteiger charge is 2.24. The van der Waals surface area contributed by atoms with E-state index in [0.717, 1.165) is 23.8 Å². The maximum Gasteiger partial charge on any atom is 0.273 e. The molecule has 156 valence electrons. The van der Waals surface area contributed by atoms with Crippen molar-refractivity contribution >= 4 is 42.1 Å². The smallest absolute Gasteiger partial charge is 0.273 e. The number of carbonyl (C=O) groups excluding carboxylic acids is 1. The minimum atomic E-state index is -0.567. The van der Waals surface area contributed by atoms with Gasteiger partial charge in [-0.1, -0.05) is 18.2 Å². The van der Waals surface area contributed by atoms with Gasteiger partial charge in [-0.15, -0.1) is 36.2 Å². The summed E-state index contributed by atoms with van der Waals surface area (Å²) in [4.78, 5) is 20.7. The number of aliphatic hydroxyl groups is 1. The Morgan fingerprint density at radius 3 is 2.50 bits per heavy atom. The first-order valence-corrected chi connectivity index (χ1v) is 9.55. The van der Waals surface area contributed by atoms with Crippen LogP contribution in [0.3, 0.4) is 0 Å². The molecule has 1 fully saturated rings. The maximum atomic E-state index is 12.5. The number of aliphatic hydroxyl groups excluding tert-OH is 1. The second-order valence-electron chi connectivity index (χ2n) is 6.20. The van der Waals surface area contributed by atoms with Crippen molar-refractivity contribution in [2.75, 3.05) is 39.3 Å². The van der Waals surface area contributed by atoms with Gasteiger partial charge < -0.3 is 20.5 Å². The van der Waals surface area contributed by atoms with Gasteiger partial charge in [0.25, 0.3) is 5.91 Å². The average Bonchev–Trinajstić information content (AvgIpc) is 3.16. The quantitative estimate of drug-likeness (QED) is 0.668. The fourth-order valence-corrected chi connectivity index (χ4v) is 3.51. The molecule has 2 heterocycles. The van der Waals surface area contributed by atoms with Gasteiger partial charge in [-0.3, -0.25) is 9.69 Å². The largest absolute Gasteiger partial charge is 0.491 e. The van der Waals surface area contributed by atoms with Crippen LogP contribution in [0.1, 0.15) is 15.5 Å². The predicted octanol–water partition coefficient (Wildman–Crippen LogP) is 1.64. The predicted molar refractivity (Wildman–Crippen MR) is 115 cm³/mol. The van der Waals surface area contributed by atoms with Gasteiger partial charge in [0.1, 0.15) is 29.2 Å². The number of benzene rings is 1. The molecule has 7 nitrogen and oxygen atoms in total. The monoisotopic (exact) mass is 448 g/mol. The van der Waals surface area contributed by atoms with Gasteiger partial charge in [0.05, 0.1) is 0 Å². The van der Waals surface area contributed by atoms with E-state index in [1.807, 2.05) is 30.3 Å². The van der Waals surface area contributed by atoms with Crippen LogP contribution >= 0.6 is 36.2 Å². The van der Waals surface area contributed by atoms with Crippen LogP contribution in [0, 0.1) is 0 Å². The highest BCUT2D eigenvalue weighted by atomic mass is 35.5. The van der Waals surface area contributed by atoms with Crippen LogP contribution in [0.25, 0.3) is 0 Å². The van der Waals surface area contributed by atoms with Gasteiger partial charge in [0, 0.05) is 44.6 Å². The molecule has 1 aliphatic rings. The van der Waals surface area contributed by atoms with Crippen LogP contribution in [0.4, 0.5) is 0 Å². The number of rotatable bonds is 7. The number of hydrogen-bond donors (Lipinski definition) is 2. The van der Waals surface area contributed by atoms with Gasteiger partial charge in [-0.25, -0.2) is 4.98 Å². The molecule has 3 rings (SSSR count). The number of carbonyl (C=O) groups is 1. The summed E-state index contributed by atoms with van der Waals surface area (Å²) in [6, 6.07) is 9.46. The fraction of sp³-hybridized carbons (Fsp3) is 0.444. The van der Waals surface area contributed by atoms with Crippen LogP contribution in [-0.2, 0) is 6.54 Å². The standard InChI is InChI=1S/C18H24N4O3S.2ClH/c19-10-17-20-16(13-26-17)18(24)22-8-6-21(7-9-22)11-14(23)12-25-15-4-2-1-3-5-15;;/h1-5,13-14,23H,6-12,19H2;2*1H. The molecule has 0 spiro atoms. The maximum absolute atomic E-state index is 12.5. The zero-order chi connectivity index (χ0) is 18.4. The molecule has 0 saturated carbocycles. The summed E-state index contributed by atoms with van der Waals surface area (Å²) < 4.78 is 5.58. The lowest BCUT2D eigenvalue weighted by Gasteiger charge is -2.35. The van der Waals surface area contributed by atoms with E-state index in [0.29, 0.717) is 31.9 Å². The van der Waals surface area contributed by atoms with E-state index in [9.17, 15) is 9.90 Å². The first-order chi connectivity index (χ1) is 12.7. The third-order valence-electron chi connectivity index (χ3n) is 4.26. The summed E-state index contributed by atoms with van der Waals surface area (Å²) in [5.41, 5.74) is 6.02. The van der Waals surface area contributed by atoms with Gasteiger partial charge in [-0.2, -0.15) is 0 Å². The summed E-state index contributed by atoms with van der Waals surface area (Å²) in [5.74, 6) is 0.704. The van der Waals surface area contributed by atoms with Crippen molar-refractivity contribution in [3.63, 3.8) is 0 Å². The molecule has 1 aliphatic heterocycles. The summed E-state index contributed by atoms with van der Waals surface area (Å²) in [6.07, 6.45) is -0.567. The van der Waals surface area contributed by atoms with Gasteiger partial charge in [-0.05, 0) is 12.1 Å². The molecule has 28 heavy (non-hydrogen) atoms. The minimum Gasteiger partial charge on any atom is -0.491 e. The number of nitrogens with zero attached hydrogens (tertiary/aromatic N) is 3. The summed E-state index contributed by atoms with van der Waals surface area (Å²) in [5, 5.41) is 12.7. The first-order valence-electron chi connectivity index (χ1n) is 8.67. The van der Waals surface area contributed by atoms with Crippen molar-refractivity contribution in [2.24, 2.45) is 5.73 Å². The number of aromatic nitrogens is 1. The Kier molecular flexibility index (Phi) is 10.7. The number of β-amino-alcohol motifs (C(OH)–C–C–N with tert-alkyl or cyclic N) is 1. The molecule has 1 saturated heterocycles. The molecule has 1 unspecified atom stereocenters. The molecule has 0 aliphatic carbocycles. The molecule has 0 radical (unpaired) electrons. The highest BCUT2D eigenvalue weighted by Crippen LogP contribution is 2.13. The molecule has 2 aromatic rings. The van der Waals surface area contributed by atoms with Crippen LogP contribution in [0.2, 0.25) is 0 Å². The molecule has 1 amide bonds. The van der Waals surface area contributed by atoms with E-state index in [2.05, 4.69) is 9.88 Å². The molecule has 1 aromatic heterocycles. The Hall–Kier alpha value is -1.42. The molecule has 1 atom stereocenters. The van der Waals surface area contributed by atoms with E-state index >= 15 is 0 Å². The van der Waals surface area contributed by atoms with Crippen molar-refractivity contribution in [2.45, 2.75) is 12.6 Å². The Bertz CT molecular complexity index is 712. The number of halogens is 2. The van der Waals surface area contributed by atoms with Crippen LogP contribution in [-0.4, -0.2) is 71.2 Å². The number of piperazine rings is 1. The van der Waals surface area contributed by atoms with Gasteiger partial charge >= 0.3 is 0 Å². The normalized spacial score (nSPS) is 15.3. The molecular formula is C18H26Cl2N4O3S. The third-order valence-corrected chi connectivity index (χ3v) is 5.13. The second-order valence-corrected chi connectivity index (χ2v) is 7.14. The first kappa shape index (κ1) is 24.6. The van der Waals surface area contributed by atoms with Crippen molar-refractivity contribution in [1.29, 1.82) is 0 Å². The molecular weight excluding hydrogens is 423 g/mol. The SMILES string of the molecule is Cl.Cl.NCc1nc(C(=O)N2CCN(CC(O)COc3ccccc3)CC2)cs1. The van der Waals surface area contributed by atoms with Crippen molar-refractivity contribution in [1.82, 2.24) is 14.8 Å². The van der Waals surface area contributed by atoms with Crippen LogP contribution < -0.4 is 10.5 Å². The van der Waals surface area contributed by atoms with Crippen LogP contribution in [0.5, 0.6) is 5.75 Å². The highest BCUT2D eigenvalue weighted by molar-refractivity contribution is 7.09. The summed E-state index contributed by atoms with van der Waals surface area (Å²) >= 11 is 1.41. The lowest BCUT2D eigenvalue weighted by atomic mass is 10.2. The molecule has 10 heteroatoms. The Morgan fingerprint density at radius 2 is 1.89 bits per heavy atom. The molecule has 3 N–H and O–H groups in total. The minimum absolute atomic E-state index is 0. The van der Waals surface area contributed by atoms with E-state index in [1.54, 1.807) is 10.3 Å². The Balaban J connectivity index is 0.00000196. The fourth-order valence-electron chi connectivity index (χ4n) is 2.86. The zero-order valence-electron chi connectivity index (χ0n) is 15.4. The topological polar surface area (TPSA) is 91.9 Å². The van der Waals surface area contributed by atoms with Gasteiger partial charge in [0.15, 0.2) is 0 Å². The average molecular weight is 449 g/mol. The van der Waals surface area contributed by atoms with E-state index in [1.165, 1.54) is 11.3 Å². The molecule has 1 aromatic carbocycles. The number of para-hydroxylation sites is 1. The summed E-state index contributed by atoms with van der Waals surface area (Å²) in [6.45, 7) is 3.84. The van der Waals surface area contributed by atoms with Crippen molar-refractivity contribution in [3.05, 3.63) is 46.4 Å². The van der Waals surface area contributed by atoms with Gasteiger partial charge in [0.2, 0.25) is 0 Å². The lowest BCUT2D eigenvalue weighted by molar-refractivity contribution is 0.0401. The van der Waals surface area contributed by atoms with E-state index in [4.69, 9.17) is 10.5 Å². The van der Waals surface area contributed by atoms with Crippen molar-refractivity contribution < 1.29 is 14.6 Å². The van der Waals surface area contributed by atoms with Crippen molar-refractivity contribution in [3.8, 4) is 5.75 Å². The number of thiazole rings is 1. The number of ether oxygens (including phenoxy) is 1. The Morgan fingerprint density at radius 1 is 1.21 bits per heavy atom. The number of nitrogens with two attached hydrogens (primary N) is 1. The van der Waals surface area contributed by atoms with Crippen LogP contribution in [0.15, 0.2) is 35.7 Å². The van der Waals surface area contributed by atoms with E-state index < -0.39 is 6.10 Å².